The number of hydrogen-bond acceptors (Lipinski definition) is 5. The Morgan fingerprint density at radius 2 is 2.04 bits per heavy atom. The molecule has 2 N–H and O–H groups in total. The van der Waals surface area contributed by atoms with Gasteiger partial charge >= 0.3 is 0 Å². The highest BCUT2D eigenvalue weighted by Gasteiger charge is 2.19. The molecule has 7 heteroatoms. The molecule has 2 heterocycles. The summed E-state index contributed by atoms with van der Waals surface area (Å²) in [6.45, 7) is 6.92. The molecule has 2 aromatic heterocycles. The van der Waals surface area contributed by atoms with Crippen LogP contribution >= 0.6 is 11.3 Å². The summed E-state index contributed by atoms with van der Waals surface area (Å²) in [6, 6.07) is 6.61. The standard InChI is InChI=1S/C19H21FN4OS/c1-11(2)8-22-18(25)16-12(3)15-17(23-10-24-19(15)26-16)21-9-13-6-4-5-7-14(13)20/h4-7,10-11H,8-9H2,1-3H3,(H,22,25)(H,21,23,24). The van der Waals surface area contributed by atoms with E-state index < -0.39 is 0 Å². The highest BCUT2D eigenvalue weighted by atomic mass is 32.1. The summed E-state index contributed by atoms with van der Waals surface area (Å²) in [5.74, 6) is 0.627. The summed E-state index contributed by atoms with van der Waals surface area (Å²) in [6.07, 6.45) is 1.46. The van der Waals surface area contributed by atoms with Crippen molar-refractivity contribution in [2.75, 3.05) is 11.9 Å². The molecule has 1 aromatic carbocycles. The van der Waals surface area contributed by atoms with Gasteiger partial charge in [0.1, 0.15) is 22.8 Å². The maximum absolute atomic E-state index is 13.8. The smallest absolute Gasteiger partial charge is 0.261 e. The molecule has 1 amide bonds. The van der Waals surface area contributed by atoms with Gasteiger partial charge in [-0.05, 0) is 24.5 Å². The minimum Gasteiger partial charge on any atom is -0.365 e. The average Bonchev–Trinajstić information content (AvgIpc) is 2.96. The highest BCUT2D eigenvalue weighted by Crippen LogP contribution is 2.33. The van der Waals surface area contributed by atoms with Crippen molar-refractivity contribution < 1.29 is 9.18 Å². The predicted octanol–water partition coefficient (Wildman–Crippen LogP) is 4.14. The van der Waals surface area contributed by atoms with Gasteiger partial charge in [-0.3, -0.25) is 4.79 Å². The molecule has 0 aliphatic rings. The van der Waals surface area contributed by atoms with Gasteiger partial charge in [0, 0.05) is 18.7 Å². The van der Waals surface area contributed by atoms with Crippen molar-refractivity contribution >= 4 is 33.3 Å². The third-order valence-corrected chi connectivity index (χ3v) is 5.21. The lowest BCUT2D eigenvalue weighted by Crippen LogP contribution is -2.27. The maximum Gasteiger partial charge on any atom is 0.261 e. The fourth-order valence-corrected chi connectivity index (χ4v) is 3.69. The number of benzene rings is 1. The zero-order chi connectivity index (χ0) is 18.7. The van der Waals surface area contributed by atoms with Crippen molar-refractivity contribution in [1.82, 2.24) is 15.3 Å². The van der Waals surface area contributed by atoms with Gasteiger partial charge in [0.05, 0.1) is 10.3 Å². The van der Waals surface area contributed by atoms with Crippen LogP contribution in [0.15, 0.2) is 30.6 Å². The minimum absolute atomic E-state index is 0.0979. The van der Waals surface area contributed by atoms with Gasteiger partial charge in [0.25, 0.3) is 5.91 Å². The van der Waals surface area contributed by atoms with Crippen molar-refractivity contribution in [1.29, 1.82) is 0 Å². The minimum atomic E-state index is -0.263. The van der Waals surface area contributed by atoms with Crippen LogP contribution in [0.1, 0.15) is 34.6 Å². The number of halogens is 1. The third-order valence-electron chi connectivity index (χ3n) is 4.01. The molecule has 0 spiro atoms. The van der Waals surface area contributed by atoms with Gasteiger partial charge in [0.15, 0.2) is 0 Å². The number of aryl methyl sites for hydroxylation is 1. The fourth-order valence-electron chi connectivity index (χ4n) is 2.62. The van der Waals surface area contributed by atoms with Crippen LogP contribution in [0.3, 0.4) is 0 Å². The molecule has 3 aromatic rings. The number of nitrogens with one attached hydrogen (secondary N) is 2. The average molecular weight is 372 g/mol. The van der Waals surface area contributed by atoms with Gasteiger partial charge in [0.2, 0.25) is 0 Å². The molecule has 0 saturated heterocycles. The lowest BCUT2D eigenvalue weighted by atomic mass is 10.1. The van der Waals surface area contributed by atoms with E-state index >= 15 is 0 Å². The van der Waals surface area contributed by atoms with E-state index in [9.17, 15) is 9.18 Å². The van der Waals surface area contributed by atoms with Gasteiger partial charge in [-0.15, -0.1) is 11.3 Å². The molecule has 0 atom stereocenters. The van der Waals surface area contributed by atoms with Gasteiger partial charge in [-0.25, -0.2) is 14.4 Å². The Morgan fingerprint density at radius 3 is 2.77 bits per heavy atom. The highest BCUT2D eigenvalue weighted by molar-refractivity contribution is 7.20. The van der Waals surface area contributed by atoms with Crippen LogP contribution < -0.4 is 10.6 Å². The summed E-state index contributed by atoms with van der Waals surface area (Å²) < 4.78 is 13.8. The first-order valence-electron chi connectivity index (χ1n) is 8.47. The number of rotatable bonds is 6. The Morgan fingerprint density at radius 1 is 1.27 bits per heavy atom. The Hall–Kier alpha value is -2.54. The van der Waals surface area contributed by atoms with Crippen molar-refractivity contribution in [2.45, 2.75) is 27.3 Å². The summed E-state index contributed by atoms with van der Waals surface area (Å²) in [5.41, 5.74) is 1.39. The topological polar surface area (TPSA) is 66.9 Å². The Balaban J connectivity index is 1.87. The van der Waals surface area contributed by atoms with E-state index in [0.29, 0.717) is 35.3 Å². The third kappa shape index (κ3) is 3.83. The van der Waals surface area contributed by atoms with Crippen LogP contribution in [-0.2, 0) is 6.54 Å². The SMILES string of the molecule is Cc1c(C(=O)NCC(C)C)sc2ncnc(NCc3ccccc3F)c12. The normalized spacial score (nSPS) is 11.1. The van der Waals surface area contributed by atoms with Crippen molar-refractivity contribution in [3.05, 3.63) is 52.4 Å². The van der Waals surface area contributed by atoms with Crippen molar-refractivity contribution in [2.24, 2.45) is 5.92 Å². The fraction of sp³-hybridized carbons (Fsp3) is 0.316. The molecule has 0 bridgehead atoms. The number of hydrogen-bond donors (Lipinski definition) is 2. The van der Waals surface area contributed by atoms with E-state index in [-0.39, 0.29) is 11.7 Å². The Bertz CT molecular complexity index is 938. The van der Waals surface area contributed by atoms with Crippen LogP contribution in [-0.4, -0.2) is 22.4 Å². The second-order valence-corrected chi connectivity index (χ2v) is 7.51. The molecule has 0 aliphatic heterocycles. The lowest BCUT2D eigenvalue weighted by Gasteiger charge is -2.08. The first kappa shape index (κ1) is 18.3. The van der Waals surface area contributed by atoms with Crippen LogP contribution in [0.25, 0.3) is 10.2 Å². The molecule has 136 valence electrons. The van der Waals surface area contributed by atoms with E-state index in [1.165, 1.54) is 23.7 Å². The van der Waals surface area contributed by atoms with Gasteiger partial charge in [-0.1, -0.05) is 32.0 Å². The number of nitrogens with zero attached hydrogens (tertiary/aromatic N) is 2. The number of amides is 1. The molecule has 0 aliphatic carbocycles. The molecule has 0 saturated carbocycles. The van der Waals surface area contributed by atoms with Crippen molar-refractivity contribution in [3.63, 3.8) is 0 Å². The zero-order valence-corrected chi connectivity index (χ0v) is 15.8. The Kier molecular flexibility index (Phi) is 5.46. The molecule has 0 fully saturated rings. The van der Waals surface area contributed by atoms with Crippen LogP contribution in [0.2, 0.25) is 0 Å². The quantitative estimate of drug-likeness (QED) is 0.682. The summed E-state index contributed by atoms with van der Waals surface area (Å²) in [5, 5.41) is 6.92. The lowest BCUT2D eigenvalue weighted by molar-refractivity contribution is 0.0952. The van der Waals surface area contributed by atoms with Crippen LogP contribution in [0.5, 0.6) is 0 Å². The molecule has 5 nitrogen and oxygen atoms in total. The number of carbonyl (C=O) groups excluding carboxylic acids is 1. The van der Waals surface area contributed by atoms with Crippen LogP contribution in [0, 0.1) is 18.7 Å². The van der Waals surface area contributed by atoms with Gasteiger partial charge < -0.3 is 10.6 Å². The number of thiophene rings is 1. The summed E-state index contributed by atoms with van der Waals surface area (Å²) in [4.78, 5) is 22.4. The molecule has 0 radical (unpaired) electrons. The zero-order valence-electron chi connectivity index (χ0n) is 15.0. The van der Waals surface area contributed by atoms with E-state index in [1.807, 2.05) is 20.8 Å². The number of fused-ring (bicyclic) bond motifs is 1. The first-order chi connectivity index (χ1) is 12.5. The van der Waals surface area contributed by atoms with Crippen molar-refractivity contribution in [3.8, 4) is 0 Å². The molecular weight excluding hydrogens is 351 g/mol. The maximum atomic E-state index is 13.8. The number of aromatic nitrogens is 2. The number of anilines is 1. The molecular formula is C19H21FN4OS. The summed E-state index contributed by atoms with van der Waals surface area (Å²) in [7, 11) is 0. The first-order valence-corrected chi connectivity index (χ1v) is 9.28. The van der Waals surface area contributed by atoms with Crippen LogP contribution in [0.4, 0.5) is 10.2 Å². The molecule has 26 heavy (non-hydrogen) atoms. The second kappa shape index (κ2) is 7.78. The number of carbonyl (C=O) groups is 1. The van der Waals surface area contributed by atoms with Gasteiger partial charge in [-0.2, -0.15) is 0 Å². The molecule has 3 rings (SSSR count). The predicted molar refractivity (Wildman–Crippen MR) is 103 cm³/mol. The Labute approximate surface area is 155 Å². The van der Waals surface area contributed by atoms with E-state index in [2.05, 4.69) is 20.6 Å². The molecule has 0 unspecified atom stereocenters. The monoisotopic (exact) mass is 372 g/mol. The second-order valence-electron chi connectivity index (χ2n) is 6.51. The largest absolute Gasteiger partial charge is 0.365 e. The summed E-state index contributed by atoms with van der Waals surface area (Å²) >= 11 is 1.35. The van der Waals surface area contributed by atoms with E-state index in [1.54, 1.807) is 18.2 Å². The van der Waals surface area contributed by atoms with E-state index in [4.69, 9.17) is 0 Å². The van der Waals surface area contributed by atoms with E-state index in [0.717, 1.165) is 15.8 Å².